The van der Waals surface area contributed by atoms with E-state index in [0.29, 0.717) is 0 Å². The molecule has 0 saturated heterocycles. The Labute approximate surface area is 86.5 Å². The van der Waals surface area contributed by atoms with Crippen molar-refractivity contribution in [3.8, 4) is 0 Å². The minimum absolute atomic E-state index is 0.0791. The third-order valence-electron chi connectivity index (χ3n) is 2.08. The van der Waals surface area contributed by atoms with Gasteiger partial charge in [0.25, 0.3) is 0 Å². The Bertz CT molecular complexity index is 261. The predicted molar refractivity (Wildman–Crippen MR) is 61.1 cm³/mol. The van der Waals surface area contributed by atoms with Crippen molar-refractivity contribution in [2.75, 3.05) is 6.54 Å². The quantitative estimate of drug-likeness (QED) is 0.769. The largest absolute Gasteiger partial charge is 0.323 e. The molecule has 1 rings (SSSR count). The van der Waals surface area contributed by atoms with Gasteiger partial charge in [-0.3, -0.25) is 0 Å². The lowest BCUT2D eigenvalue weighted by atomic mass is 10.1. The molecule has 0 aromatic heterocycles. The van der Waals surface area contributed by atoms with E-state index in [-0.39, 0.29) is 11.6 Å². The highest BCUT2D eigenvalue weighted by molar-refractivity contribution is 5.18. The molecule has 1 unspecified atom stereocenters. The van der Waals surface area contributed by atoms with E-state index in [9.17, 15) is 0 Å². The van der Waals surface area contributed by atoms with E-state index in [0.717, 1.165) is 6.54 Å². The maximum Gasteiger partial charge on any atom is 0.0421 e. The van der Waals surface area contributed by atoms with E-state index in [2.05, 4.69) is 38.2 Å². The van der Waals surface area contributed by atoms with Crippen LogP contribution in [0.3, 0.4) is 0 Å². The van der Waals surface area contributed by atoms with Crippen molar-refractivity contribution in [1.82, 2.24) is 5.32 Å². The van der Waals surface area contributed by atoms with E-state index < -0.39 is 0 Å². The molecule has 0 aliphatic heterocycles. The highest BCUT2D eigenvalue weighted by atomic mass is 15.0. The molecule has 1 atom stereocenters. The lowest BCUT2D eigenvalue weighted by Gasteiger charge is -2.23. The molecule has 0 saturated carbocycles. The molecule has 0 amide bonds. The Hall–Kier alpha value is -0.860. The van der Waals surface area contributed by atoms with Gasteiger partial charge in [-0.1, -0.05) is 30.3 Å². The summed E-state index contributed by atoms with van der Waals surface area (Å²) < 4.78 is 0. The first-order valence-corrected chi connectivity index (χ1v) is 5.04. The van der Waals surface area contributed by atoms with Crippen molar-refractivity contribution in [3.05, 3.63) is 35.9 Å². The van der Waals surface area contributed by atoms with Gasteiger partial charge in [0, 0.05) is 18.1 Å². The molecule has 2 heteroatoms. The minimum Gasteiger partial charge on any atom is -0.323 e. The van der Waals surface area contributed by atoms with Crippen LogP contribution in [0.4, 0.5) is 0 Å². The van der Waals surface area contributed by atoms with Crippen LogP contribution in [0.1, 0.15) is 32.4 Å². The summed E-state index contributed by atoms with van der Waals surface area (Å²) in [6.45, 7) is 7.24. The topological polar surface area (TPSA) is 38.0 Å². The maximum absolute atomic E-state index is 6.04. The first-order chi connectivity index (χ1) is 6.49. The van der Waals surface area contributed by atoms with Crippen LogP contribution in [0.5, 0.6) is 0 Å². The molecule has 14 heavy (non-hydrogen) atoms. The summed E-state index contributed by atoms with van der Waals surface area (Å²) in [4.78, 5) is 0. The van der Waals surface area contributed by atoms with E-state index in [4.69, 9.17) is 5.73 Å². The van der Waals surface area contributed by atoms with Crippen LogP contribution in [-0.2, 0) is 0 Å². The van der Waals surface area contributed by atoms with Gasteiger partial charge in [0.15, 0.2) is 0 Å². The lowest BCUT2D eigenvalue weighted by Crippen LogP contribution is -2.40. The Morgan fingerprint density at radius 1 is 1.21 bits per heavy atom. The zero-order chi connectivity index (χ0) is 10.6. The van der Waals surface area contributed by atoms with Crippen molar-refractivity contribution in [1.29, 1.82) is 0 Å². The van der Waals surface area contributed by atoms with E-state index in [1.54, 1.807) is 0 Å². The van der Waals surface area contributed by atoms with Gasteiger partial charge in [-0.2, -0.15) is 0 Å². The number of rotatable bonds is 3. The Kier molecular flexibility index (Phi) is 3.67. The first kappa shape index (κ1) is 11.2. The second-order valence-corrected chi connectivity index (χ2v) is 4.65. The smallest absolute Gasteiger partial charge is 0.0421 e. The summed E-state index contributed by atoms with van der Waals surface area (Å²) >= 11 is 0. The molecule has 0 aliphatic carbocycles. The highest BCUT2D eigenvalue weighted by Crippen LogP contribution is 2.09. The van der Waals surface area contributed by atoms with Gasteiger partial charge < -0.3 is 11.1 Å². The summed E-state index contributed by atoms with van der Waals surface area (Å²) in [6.07, 6.45) is 0. The molecule has 0 aliphatic rings. The second kappa shape index (κ2) is 4.58. The lowest BCUT2D eigenvalue weighted by molar-refractivity contribution is 0.408. The average Bonchev–Trinajstić information content (AvgIpc) is 2.14. The number of benzene rings is 1. The van der Waals surface area contributed by atoms with Gasteiger partial charge in [0.05, 0.1) is 0 Å². The molecule has 0 bridgehead atoms. The fraction of sp³-hybridized carbons (Fsp3) is 0.500. The molecule has 2 nitrogen and oxygen atoms in total. The fourth-order valence-electron chi connectivity index (χ4n) is 1.23. The van der Waals surface area contributed by atoms with Gasteiger partial charge in [-0.15, -0.1) is 0 Å². The molecular weight excluding hydrogens is 172 g/mol. The van der Waals surface area contributed by atoms with Crippen LogP contribution in [0.2, 0.25) is 0 Å². The Morgan fingerprint density at radius 2 is 1.79 bits per heavy atom. The molecule has 0 spiro atoms. The molecule has 3 N–H and O–H groups in total. The van der Waals surface area contributed by atoms with Crippen molar-refractivity contribution in [2.24, 2.45) is 5.73 Å². The predicted octanol–water partition coefficient (Wildman–Crippen LogP) is 2.07. The molecule has 1 aromatic rings. The number of hydrogen-bond donors (Lipinski definition) is 2. The monoisotopic (exact) mass is 192 g/mol. The van der Waals surface area contributed by atoms with Gasteiger partial charge in [0.1, 0.15) is 0 Å². The van der Waals surface area contributed by atoms with Crippen LogP contribution in [0, 0.1) is 0 Å². The number of nitrogens with two attached hydrogens (primary N) is 1. The average molecular weight is 192 g/mol. The minimum atomic E-state index is 0.0791. The standard InChI is InChI=1S/C12H20N2/c1-12(2,3)14-9-11(13)10-7-5-4-6-8-10/h4-8,11,14H,9,13H2,1-3H3. The molecule has 0 heterocycles. The van der Waals surface area contributed by atoms with Gasteiger partial charge >= 0.3 is 0 Å². The van der Waals surface area contributed by atoms with Crippen molar-refractivity contribution >= 4 is 0 Å². The Balaban J connectivity index is 2.48. The first-order valence-electron chi connectivity index (χ1n) is 5.04. The number of nitrogens with one attached hydrogen (secondary N) is 1. The molecular formula is C12H20N2. The highest BCUT2D eigenvalue weighted by Gasteiger charge is 2.11. The summed E-state index contributed by atoms with van der Waals surface area (Å²) in [6, 6.07) is 10.3. The second-order valence-electron chi connectivity index (χ2n) is 4.65. The van der Waals surface area contributed by atoms with Gasteiger partial charge in [0.2, 0.25) is 0 Å². The van der Waals surface area contributed by atoms with E-state index in [1.165, 1.54) is 5.56 Å². The normalized spacial score (nSPS) is 14.0. The summed E-state index contributed by atoms with van der Waals surface area (Å²) in [7, 11) is 0. The summed E-state index contributed by atoms with van der Waals surface area (Å²) in [5.41, 5.74) is 7.36. The summed E-state index contributed by atoms with van der Waals surface area (Å²) in [5, 5.41) is 3.40. The van der Waals surface area contributed by atoms with Gasteiger partial charge in [-0.05, 0) is 26.3 Å². The fourth-order valence-corrected chi connectivity index (χ4v) is 1.23. The van der Waals surface area contributed by atoms with Crippen molar-refractivity contribution in [2.45, 2.75) is 32.4 Å². The zero-order valence-electron chi connectivity index (χ0n) is 9.25. The molecule has 78 valence electrons. The van der Waals surface area contributed by atoms with Crippen LogP contribution < -0.4 is 11.1 Å². The van der Waals surface area contributed by atoms with Crippen molar-refractivity contribution in [3.63, 3.8) is 0 Å². The third kappa shape index (κ3) is 3.90. The van der Waals surface area contributed by atoms with Crippen LogP contribution >= 0.6 is 0 Å². The molecule has 0 fully saturated rings. The third-order valence-corrected chi connectivity index (χ3v) is 2.08. The SMILES string of the molecule is CC(C)(C)NCC(N)c1ccccc1. The van der Waals surface area contributed by atoms with Crippen LogP contribution in [0.15, 0.2) is 30.3 Å². The van der Waals surface area contributed by atoms with E-state index in [1.807, 2.05) is 18.2 Å². The van der Waals surface area contributed by atoms with E-state index >= 15 is 0 Å². The maximum atomic E-state index is 6.04. The van der Waals surface area contributed by atoms with Crippen molar-refractivity contribution < 1.29 is 0 Å². The zero-order valence-corrected chi connectivity index (χ0v) is 9.25. The molecule has 0 radical (unpaired) electrons. The van der Waals surface area contributed by atoms with Crippen LogP contribution in [0.25, 0.3) is 0 Å². The summed E-state index contributed by atoms with van der Waals surface area (Å²) in [5.74, 6) is 0. The van der Waals surface area contributed by atoms with Gasteiger partial charge in [-0.25, -0.2) is 0 Å². The van der Waals surface area contributed by atoms with Crippen LogP contribution in [-0.4, -0.2) is 12.1 Å². The number of hydrogen-bond acceptors (Lipinski definition) is 2. The Morgan fingerprint density at radius 3 is 2.29 bits per heavy atom. The molecule has 1 aromatic carbocycles.